The molecular weight excluding hydrogens is 410 g/mol. The Kier molecular flexibility index (Phi) is 6.34. The number of rotatable bonds is 5. The summed E-state index contributed by atoms with van der Waals surface area (Å²) in [4.78, 5) is 30.7. The van der Waals surface area contributed by atoms with E-state index in [0.29, 0.717) is 16.9 Å². The molecule has 6 nitrogen and oxygen atoms in total. The van der Waals surface area contributed by atoms with E-state index in [9.17, 15) is 9.59 Å². The van der Waals surface area contributed by atoms with E-state index in [2.05, 4.69) is 16.4 Å². The number of amides is 2. The van der Waals surface area contributed by atoms with Crippen molar-refractivity contribution in [2.24, 2.45) is 4.99 Å². The zero-order valence-electron chi connectivity index (χ0n) is 18.1. The second-order valence-corrected chi connectivity index (χ2v) is 9.07. The Balaban J connectivity index is 1.69. The highest BCUT2D eigenvalue weighted by atomic mass is 32.1. The summed E-state index contributed by atoms with van der Waals surface area (Å²) in [6.07, 6.45) is 2.08. The summed E-state index contributed by atoms with van der Waals surface area (Å²) in [7, 11) is 0. The predicted octanol–water partition coefficient (Wildman–Crippen LogP) is 3.92. The average Bonchev–Trinajstić information content (AvgIpc) is 3.39. The summed E-state index contributed by atoms with van der Waals surface area (Å²) in [5, 5.41) is 3.00. The lowest BCUT2D eigenvalue weighted by Gasteiger charge is -2.17. The predicted molar refractivity (Wildman–Crippen MR) is 122 cm³/mol. The molecule has 1 aromatic heterocycles. The lowest BCUT2D eigenvalue weighted by atomic mass is 10.1. The van der Waals surface area contributed by atoms with Crippen molar-refractivity contribution < 1.29 is 14.3 Å². The normalized spacial score (nSPS) is 17.8. The molecule has 4 rings (SSSR count). The number of thiazole rings is 1. The van der Waals surface area contributed by atoms with Gasteiger partial charge in [-0.2, -0.15) is 4.99 Å². The third-order valence-electron chi connectivity index (χ3n) is 5.57. The summed E-state index contributed by atoms with van der Waals surface area (Å²) >= 11 is 1.42. The Hall–Kier alpha value is -2.77. The number of hydrogen-bond acceptors (Lipinski definition) is 4. The van der Waals surface area contributed by atoms with Gasteiger partial charge in [0.05, 0.1) is 16.3 Å². The lowest BCUT2D eigenvalue weighted by molar-refractivity contribution is -0.124. The molecule has 1 saturated heterocycles. The highest BCUT2D eigenvalue weighted by Gasteiger charge is 2.22. The van der Waals surface area contributed by atoms with E-state index >= 15 is 0 Å². The highest BCUT2D eigenvalue weighted by molar-refractivity contribution is 7.16. The van der Waals surface area contributed by atoms with Gasteiger partial charge in [0, 0.05) is 18.7 Å². The molecule has 162 valence electrons. The molecule has 31 heavy (non-hydrogen) atoms. The van der Waals surface area contributed by atoms with Crippen LogP contribution in [-0.4, -0.2) is 35.6 Å². The average molecular weight is 438 g/mol. The molecule has 0 unspecified atom stereocenters. The number of ether oxygens (including phenoxy) is 1. The molecule has 2 heterocycles. The smallest absolute Gasteiger partial charge is 0.279 e. The Morgan fingerprint density at radius 2 is 1.94 bits per heavy atom. The molecule has 1 fully saturated rings. The molecule has 3 aromatic rings. The fourth-order valence-corrected chi connectivity index (χ4v) is 4.93. The van der Waals surface area contributed by atoms with E-state index < -0.39 is 6.04 Å². The van der Waals surface area contributed by atoms with Gasteiger partial charge in [0.25, 0.3) is 5.91 Å². The van der Waals surface area contributed by atoms with Gasteiger partial charge >= 0.3 is 0 Å². The minimum atomic E-state index is -0.512. The SMILES string of the molecule is Cc1ccc(C(=O)N=c2sc3cc(C)ccc3n2[C@@H](C)C(=O)NC[C@H]2CCCO2)cc1. The van der Waals surface area contributed by atoms with Crippen LogP contribution in [0.3, 0.4) is 0 Å². The second-order valence-electron chi connectivity index (χ2n) is 8.06. The lowest BCUT2D eigenvalue weighted by Crippen LogP contribution is -2.38. The van der Waals surface area contributed by atoms with Gasteiger partial charge in [0.1, 0.15) is 6.04 Å². The van der Waals surface area contributed by atoms with Gasteiger partial charge in [0.15, 0.2) is 4.80 Å². The van der Waals surface area contributed by atoms with Gasteiger partial charge in [-0.05, 0) is 63.4 Å². The number of nitrogens with one attached hydrogen (secondary N) is 1. The minimum absolute atomic E-state index is 0.0790. The Labute approximate surface area is 185 Å². The van der Waals surface area contributed by atoms with Crippen LogP contribution in [0.1, 0.15) is 47.3 Å². The van der Waals surface area contributed by atoms with Gasteiger partial charge in [-0.3, -0.25) is 9.59 Å². The maximum Gasteiger partial charge on any atom is 0.279 e. The summed E-state index contributed by atoms with van der Waals surface area (Å²) in [5.41, 5.74) is 3.63. The van der Waals surface area contributed by atoms with Crippen LogP contribution in [0.4, 0.5) is 0 Å². The van der Waals surface area contributed by atoms with Crippen molar-refractivity contribution in [3.8, 4) is 0 Å². The van der Waals surface area contributed by atoms with Crippen molar-refractivity contribution in [3.05, 3.63) is 64.0 Å². The van der Waals surface area contributed by atoms with E-state index in [1.807, 2.05) is 49.6 Å². The van der Waals surface area contributed by atoms with Crippen LogP contribution in [-0.2, 0) is 9.53 Å². The molecule has 1 N–H and O–H groups in total. The van der Waals surface area contributed by atoms with Crippen LogP contribution in [0.2, 0.25) is 0 Å². The van der Waals surface area contributed by atoms with Gasteiger partial charge in [0.2, 0.25) is 5.91 Å². The molecule has 1 aliphatic heterocycles. The zero-order chi connectivity index (χ0) is 22.0. The molecule has 2 atom stereocenters. The first kappa shape index (κ1) is 21.5. The van der Waals surface area contributed by atoms with Crippen LogP contribution in [0, 0.1) is 13.8 Å². The van der Waals surface area contributed by atoms with Crippen LogP contribution >= 0.6 is 11.3 Å². The fourth-order valence-electron chi connectivity index (χ4n) is 3.74. The van der Waals surface area contributed by atoms with Gasteiger partial charge < -0.3 is 14.6 Å². The quantitative estimate of drug-likeness (QED) is 0.658. The highest BCUT2D eigenvalue weighted by Crippen LogP contribution is 2.23. The van der Waals surface area contributed by atoms with Gasteiger partial charge in [-0.1, -0.05) is 35.1 Å². The van der Waals surface area contributed by atoms with E-state index in [4.69, 9.17) is 4.74 Å². The standard InChI is InChI=1S/C24H27N3O3S/c1-15-6-9-18(10-7-15)23(29)26-24-27(20-11-8-16(2)13-21(20)31-24)17(3)22(28)25-14-19-5-4-12-30-19/h6-11,13,17,19H,4-5,12,14H2,1-3H3,(H,25,28)/t17-,19+/m0/s1. The van der Waals surface area contributed by atoms with Crippen molar-refractivity contribution in [2.45, 2.75) is 45.8 Å². The topological polar surface area (TPSA) is 72.7 Å². The number of carbonyl (C=O) groups excluding carboxylic acids is 2. The third kappa shape index (κ3) is 4.78. The minimum Gasteiger partial charge on any atom is -0.376 e. The van der Waals surface area contributed by atoms with Crippen molar-refractivity contribution in [2.75, 3.05) is 13.2 Å². The number of benzene rings is 2. The van der Waals surface area contributed by atoms with Crippen molar-refractivity contribution in [1.29, 1.82) is 0 Å². The molecule has 1 aliphatic rings. The number of aromatic nitrogens is 1. The van der Waals surface area contributed by atoms with Crippen LogP contribution < -0.4 is 10.1 Å². The van der Waals surface area contributed by atoms with Crippen molar-refractivity contribution >= 4 is 33.4 Å². The van der Waals surface area contributed by atoms with Crippen molar-refractivity contribution in [1.82, 2.24) is 9.88 Å². The molecule has 0 aliphatic carbocycles. The zero-order valence-corrected chi connectivity index (χ0v) is 18.9. The Morgan fingerprint density at radius 1 is 1.19 bits per heavy atom. The van der Waals surface area contributed by atoms with Crippen molar-refractivity contribution in [3.63, 3.8) is 0 Å². The number of nitrogens with zero attached hydrogens (tertiary/aromatic N) is 2. The molecule has 7 heteroatoms. The van der Waals surface area contributed by atoms with Gasteiger partial charge in [-0.15, -0.1) is 0 Å². The second kappa shape index (κ2) is 9.16. The maximum absolute atomic E-state index is 12.9. The van der Waals surface area contributed by atoms with Gasteiger partial charge in [-0.25, -0.2) is 0 Å². The molecule has 0 spiro atoms. The first-order chi connectivity index (χ1) is 14.9. The molecule has 2 aromatic carbocycles. The summed E-state index contributed by atoms with van der Waals surface area (Å²) in [6.45, 7) is 7.09. The molecule has 0 radical (unpaired) electrons. The molecule has 2 amide bonds. The Bertz CT molecular complexity index is 1170. The summed E-state index contributed by atoms with van der Waals surface area (Å²) in [6, 6.07) is 12.9. The van der Waals surface area contributed by atoms with E-state index in [1.165, 1.54) is 11.3 Å². The number of aryl methyl sites for hydroxylation is 2. The maximum atomic E-state index is 12.9. The molecular formula is C24H27N3O3S. The number of hydrogen-bond donors (Lipinski definition) is 1. The third-order valence-corrected chi connectivity index (χ3v) is 6.59. The first-order valence-electron chi connectivity index (χ1n) is 10.6. The summed E-state index contributed by atoms with van der Waals surface area (Å²) < 4.78 is 8.46. The monoisotopic (exact) mass is 437 g/mol. The van der Waals surface area contributed by atoms with E-state index in [-0.39, 0.29) is 17.9 Å². The Morgan fingerprint density at radius 3 is 2.65 bits per heavy atom. The molecule has 0 bridgehead atoms. The number of carbonyl (C=O) groups is 2. The largest absolute Gasteiger partial charge is 0.376 e. The summed E-state index contributed by atoms with van der Waals surface area (Å²) in [5.74, 6) is -0.427. The van der Waals surface area contributed by atoms with Crippen LogP contribution in [0.15, 0.2) is 47.5 Å². The van der Waals surface area contributed by atoms with Crippen LogP contribution in [0.25, 0.3) is 10.2 Å². The van der Waals surface area contributed by atoms with E-state index in [1.54, 1.807) is 12.1 Å². The van der Waals surface area contributed by atoms with Crippen LogP contribution in [0.5, 0.6) is 0 Å². The first-order valence-corrected chi connectivity index (χ1v) is 11.4. The van der Waals surface area contributed by atoms with E-state index in [0.717, 1.165) is 40.8 Å². The number of fused-ring (bicyclic) bond motifs is 1. The fraction of sp³-hybridized carbons (Fsp3) is 0.375. The molecule has 0 saturated carbocycles.